The maximum atomic E-state index is 12.3. The standard InChI is InChI=1S/C21H21N5O3S/c1-14-6-5-9-19(27)20(14)18-12-17(16(13-22)21(23)26-18)24-10-11-25-30(28,29)15-7-3-2-4-8-15/h2-9,12,25,27H,10-11H2,1H3,(H3,23,24,26). The lowest BCUT2D eigenvalue weighted by Gasteiger charge is -2.14. The molecule has 0 amide bonds. The van der Waals surface area contributed by atoms with Crippen LogP contribution in [0.3, 0.4) is 0 Å². The van der Waals surface area contributed by atoms with Crippen molar-refractivity contribution in [2.24, 2.45) is 0 Å². The van der Waals surface area contributed by atoms with Gasteiger partial charge in [-0.15, -0.1) is 0 Å². The number of nitrogens with zero attached hydrogens (tertiary/aromatic N) is 2. The van der Waals surface area contributed by atoms with Crippen LogP contribution in [0.25, 0.3) is 11.3 Å². The van der Waals surface area contributed by atoms with Crippen molar-refractivity contribution in [3.63, 3.8) is 0 Å². The Bertz CT molecular complexity index is 1190. The van der Waals surface area contributed by atoms with Gasteiger partial charge in [-0.25, -0.2) is 18.1 Å². The molecule has 0 radical (unpaired) electrons. The molecule has 0 atom stereocenters. The van der Waals surface area contributed by atoms with Crippen LogP contribution in [0.4, 0.5) is 11.5 Å². The summed E-state index contributed by atoms with van der Waals surface area (Å²) in [4.78, 5) is 4.42. The van der Waals surface area contributed by atoms with Gasteiger partial charge in [-0.3, -0.25) is 0 Å². The van der Waals surface area contributed by atoms with E-state index in [0.29, 0.717) is 16.9 Å². The Morgan fingerprint density at radius 3 is 2.53 bits per heavy atom. The van der Waals surface area contributed by atoms with Gasteiger partial charge in [0.2, 0.25) is 10.0 Å². The first-order chi connectivity index (χ1) is 14.3. The molecule has 154 valence electrons. The van der Waals surface area contributed by atoms with Gasteiger partial charge < -0.3 is 16.2 Å². The number of benzene rings is 2. The van der Waals surface area contributed by atoms with Crippen LogP contribution in [0.2, 0.25) is 0 Å². The number of phenols is 1. The van der Waals surface area contributed by atoms with Crippen molar-refractivity contribution in [2.45, 2.75) is 11.8 Å². The quantitative estimate of drug-likeness (QED) is 0.428. The van der Waals surface area contributed by atoms with Crippen LogP contribution in [-0.4, -0.2) is 31.6 Å². The molecule has 5 N–H and O–H groups in total. The zero-order valence-electron chi connectivity index (χ0n) is 16.3. The van der Waals surface area contributed by atoms with E-state index in [0.717, 1.165) is 5.56 Å². The topological polar surface area (TPSA) is 141 Å². The van der Waals surface area contributed by atoms with Gasteiger partial charge in [0.25, 0.3) is 0 Å². The van der Waals surface area contributed by atoms with Crippen LogP contribution in [0.15, 0.2) is 59.5 Å². The van der Waals surface area contributed by atoms with Crippen molar-refractivity contribution >= 4 is 21.5 Å². The van der Waals surface area contributed by atoms with Gasteiger partial charge in [0.15, 0.2) is 0 Å². The van der Waals surface area contributed by atoms with Crippen LogP contribution in [0.5, 0.6) is 5.75 Å². The highest BCUT2D eigenvalue weighted by atomic mass is 32.2. The first-order valence-corrected chi connectivity index (χ1v) is 10.6. The molecular weight excluding hydrogens is 402 g/mol. The summed E-state index contributed by atoms with van der Waals surface area (Å²) in [6.07, 6.45) is 0. The maximum absolute atomic E-state index is 12.3. The molecule has 0 unspecified atom stereocenters. The average molecular weight is 423 g/mol. The van der Waals surface area contributed by atoms with Gasteiger partial charge >= 0.3 is 0 Å². The van der Waals surface area contributed by atoms with Crippen LogP contribution in [-0.2, 0) is 10.0 Å². The van der Waals surface area contributed by atoms with Crippen LogP contribution >= 0.6 is 0 Å². The van der Waals surface area contributed by atoms with E-state index >= 15 is 0 Å². The zero-order chi connectivity index (χ0) is 21.7. The molecule has 1 heterocycles. The molecule has 1 aromatic heterocycles. The molecule has 3 aromatic rings. The number of aryl methyl sites for hydroxylation is 1. The van der Waals surface area contributed by atoms with E-state index in [1.54, 1.807) is 36.4 Å². The summed E-state index contributed by atoms with van der Waals surface area (Å²) in [5, 5.41) is 22.7. The van der Waals surface area contributed by atoms with Gasteiger partial charge in [-0.05, 0) is 36.8 Å². The number of sulfonamides is 1. The van der Waals surface area contributed by atoms with Crippen LogP contribution in [0.1, 0.15) is 11.1 Å². The Labute approximate surface area is 175 Å². The smallest absolute Gasteiger partial charge is 0.240 e. The third kappa shape index (κ3) is 4.51. The van der Waals surface area contributed by atoms with E-state index in [9.17, 15) is 18.8 Å². The van der Waals surface area contributed by atoms with Crippen molar-refractivity contribution in [3.05, 3.63) is 65.7 Å². The Hall–Kier alpha value is -3.61. The van der Waals surface area contributed by atoms with Crippen molar-refractivity contribution in [1.82, 2.24) is 9.71 Å². The van der Waals surface area contributed by atoms with Gasteiger partial charge in [0.05, 0.1) is 16.3 Å². The number of phenolic OH excluding ortho intramolecular Hbond substituents is 1. The number of rotatable bonds is 7. The third-order valence-electron chi connectivity index (χ3n) is 4.45. The summed E-state index contributed by atoms with van der Waals surface area (Å²) >= 11 is 0. The molecular formula is C21H21N5O3S. The number of hydrogen-bond donors (Lipinski definition) is 4. The number of aromatic nitrogens is 1. The zero-order valence-corrected chi connectivity index (χ0v) is 17.1. The number of aromatic hydroxyl groups is 1. The van der Waals surface area contributed by atoms with Crippen molar-refractivity contribution in [3.8, 4) is 23.1 Å². The molecule has 0 aliphatic carbocycles. The highest BCUT2D eigenvalue weighted by molar-refractivity contribution is 7.89. The van der Waals surface area contributed by atoms with Gasteiger partial charge in [-0.2, -0.15) is 5.26 Å². The minimum Gasteiger partial charge on any atom is -0.507 e. The van der Waals surface area contributed by atoms with E-state index in [4.69, 9.17) is 5.73 Å². The molecule has 0 spiro atoms. The largest absolute Gasteiger partial charge is 0.507 e. The molecule has 2 aromatic carbocycles. The lowest BCUT2D eigenvalue weighted by Crippen LogP contribution is -2.29. The fraction of sp³-hybridized carbons (Fsp3) is 0.143. The number of nitrogens with two attached hydrogens (primary N) is 1. The minimum atomic E-state index is -3.63. The fourth-order valence-corrected chi connectivity index (χ4v) is 4.05. The number of hydrogen-bond acceptors (Lipinski definition) is 7. The molecule has 8 nitrogen and oxygen atoms in total. The minimum absolute atomic E-state index is 0.0185. The Morgan fingerprint density at radius 1 is 1.13 bits per heavy atom. The summed E-state index contributed by atoms with van der Waals surface area (Å²) in [6.45, 7) is 2.13. The van der Waals surface area contributed by atoms with Crippen molar-refractivity contribution in [2.75, 3.05) is 24.1 Å². The fourth-order valence-electron chi connectivity index (χ4n) is 3.00. The number of anilines is 2. The number of nitrogen functional groups attached to an aromatic ring is 1. The maximum Gasteiger partial charge on any atom is 0.240 e. The van der Waals surface area contributed by atoms with E-state index in [2.05, 4.69) is 15.0 Å². The highest BCUT2D eigenvalue weighted by Gasteiger charge is 2.16. The van der Waals surface area contributed by atoms with Gasteiger partial charge in [0, 0.05) is 18.7 Å². The Kier molecular flexibility index (Phi) is 6.20. The summed E-state index contributed by atoms with van der Waals surface area (Å²) in [6, 6.07) is 16.8. The molecule has 9 heteroatoms. The van der Waals surface area contributed by atoms with Crippen molar-refractivity contribution in [1.29, 1.82) is 5.26 Å². The molecule has 0 fully saturated rings. The Morgan fingerprint density at radius 2 is 1.87 bits per heavy atom. The second-order valence-corrected chi connectivity index (χ2v) is 8.30. The number of pyridine rings is 1. The molecule has 0 aliphatic heterocycles. The first-order valence-electron chi connectivity index (χ1n) is 9.11. The first kappa shape index (κ1) is 21.1. The predicted molar refractivity (Wildman–Crippen MR) is 115 cm³/mol. The second kappa shape index (κ2) is 8.82. The summed E-state index contributed by atoms with van der Waals surface area (Å²) in [7, 11) is -3.63. The summed E-state index contributed by atoms with van der Waals surface area (Å²) in [5.41, 5.74) is 8.23. The van der Waals surface area contributed by atoms with Crippen LogP contribution < -0.4 is 15.8 Å². The van der Waals surface area contributed by atoms with E-state index in [-0.39, 0.29) is 35.1 Å². The SMILES string of the molecule is Cc1cccc(O)c1-c1cc(NCCNS(=O)(=O)c2ccccc2)c(C#N)c(N)n1. The third-order valence-corrected chi connectivity index (χ3v) is 5.93. The van der Waals surface area contributed by atoms with Crippen LogP contribution in [0, 0.1) is 18.3 Å². The molecule has 0 saturated carbocycles. The normalized spacial score (nSPS) is 11.1. The van der Waals surface area contributed by atoms with E-state index in [1.807, 2.05) is 19.1 Å². The monoisotopic (exact) mass is 423 g/mol. The molecule has 0 bridgehead atoms. The highest BCUT2D eigenvalue weighted by Crippen LogP contribution is 2.34. The summed E-state index contributed by atoms with van der Waals surface area (Å²) in [5.74, 6) is 0.0678. The lowest BCUT2D eigenvalue weighted by molar-refractivity contribution is 0.477. The average Bonchev–Trinajstić information content (AvgIpc) is 2.71. The molecule has 0 saturated heterocycles. The molecule has 0 aliphatic rings. The lowest BCUT2D eigenvalue weighted by atomic mass is 10.0. The second-order valence-electron chi connectivity index (χ2n) is 6.53. The molecule has 3 rings (SSSR count). The predicted octanol–water partition coefficient (Wildman–Crippen LogP) is 2.61. The molecule has 30 heavy (non-hydrogen) atoms. The van der Waals surface area contributed by atoms with Crippen molar-refractivity contribution < 1.29 is 13.5 Å². The Balaban J connectivity index is 1.79. The van der Waals surface area contributed by atoms with Gasteiger partial charge in [-0.1, -0.05) is 30.3 Å². The number of nitriles is 1. The number of nitrogens with one attached hydrogen (secondary N) is 2. The van der Waals surface area contributed by atoms with E-state index in [1.165, 1.54) is 12.1 Å². The van der Waals surface area contributed by atoms with E-state index < -0.39 is 10.0 Å². The van der Waals surface area contributed by atoms with Gasteiger partial charge in [0.1, 0.15) is 23.2 Å². The summed E-state index contributed by atoms with van der Waals surface area (Å²) < 4.78 is 27.1.